The van der Waals surface area contributed by atoms with Crippen molar-refractivity contribution in [3.63, 3.8) is 0 Å². The van der Waals surface area contributed by atoms with E-state index in [4.69, 9.17) is 25.8 Å². The van der Waals surface area contributed by atoms with Crippen molar-refractivity contribution in [1.29, 1.82) is 0 Å². The lowest BCUT2D eigenvalue weighted by molar-refractivity contribution is -0.139. The first-order chi connectivity index (χ1) is 11.9. The van der Waals surface area contributed by atoms with Crippen molar-refractivity contribution in [2.75, 3.05) is 19.8 Å². The number of aromatic nitrogens is 4. The number of hydrogen-bond donors (Lipinski definition) is 0. The summed E-state index contributed by atoms with van der Waals surface area (Å²) in [7, 11) is 0. The van der Waals surface area contributed by atoms with Crippen molar-refractivity contribution in [1.82, 2.24) is 19.1 Å². The maximum Gasteiger partial charge on any atom is 0.330 e. The van der Waals surface area contributed by atoms with Gasteiger partial charge in [-0.15, -0.1) is 0 Å². The van der Waals surface area contributed by atoms with E-state index in [9.17, 15) is 4.79 Å². The summed E-state index contributed by atoms with van der Waals surface area (Å²) in [6.07, 6.45) is 2.95. The van der Waals surface area contributed by atoms with E-state index >= 15 is 0 Å². The Morgan fingerprint density at radius 3 is 2.80 bits per heavy atom. The highest BCUT2D eigenvalue weighted by molar-refractivity contribution is 6.28. The van der Waals surface area contributed by atoms with E-state index in [1.807, 2.05) is 13.8 Å². The maximum atomic E-state index is 13.1. The van der Waals surface area contributed by atoms with Gasteiger partial charge < -0.3 is 14.2 Å². The first-order valence-electron chi connectivity index (χ1n) is 8.47. The molecule has 0 spiro atoms. The largest absolute Gasteiger partial charge is 0.381 e. The fourth-order valence-corrected chi connectivity index (χ4v) is 3.67. The van der Waals surface area contributed by atoms with E-state index in [-0.39, 0.29) is 23.1 Å². The molecular weight excluding hydrogens is 348 g/mol. The van der Waals surface area contributed by atoms with E-state index in [2.05, 4.69) is 9.97 Å². The van der Waals surface area contributed by atoms with Crippen molar-refractivity contribution in [2.24, 2.45) is 0 Å². The molecule has 0 unspecified atom stereocenters. The Morgan fingerprint density at radius 2 is 2.12 bits per heavy atom. The summed E-state index contributed by atoms with van der Waals surface area (Å²) >= 11 is 5.98. The number of ether oxygens (including phenoxy) is 3. The van der Waals surface area contributed by atoms with Gasteiger partial charge in [-0.3, -0.25) is 9.13 Å². The van der Waals surface area contributed by atoms with Gasteiger partial charge in [0.2, 0.25) is 5.28 Å². The molecule has 0 aromatic carbocycles. The standard InChI is InChI=1S/C16H21ClN4O4/c1-16(2)24-9-11(25-16)8-20-12-7-18-14(17)19-13(12)21(15(20)22)10-3-5-23-6-4-10/h7,10-11H,3-6,8-9H2,1-2H3/t11-/m0/s1. The van der Waals surface area contributed by atoms with Crippen molar-refractivity contribution >= 4 is 22.8 Å². The Labute approximate surface area is 149 Å². The van der Waals surface area contributed by atoms with Gasteiger partial charge in [-0.1, -0.05) is 0 Å². The highest BCUT2D eigenvalue weighted by Gasteiger charge is 2.34. The van der Waals surface area contributed by atoms with E-state index in [0.717, 1.165) is 12.8 Å². The molecule has 2 saturated heterocycles. The second kappa shape index (κ2) is 6.35. The van der Waals surface area contributed by atoms with Crippen LogP contribution in [0.4, 0.5) is 0 Å². The van der Waals surface area contributed by atoms with E-state index in [1.165, 1.54) is 0 Å². The molecule has 2 aliphatic rings. The Balaban J connectivity index is 1.76. The first-order valence-corrected chi connectivity index (χ1v) is 8.85. The third-order valence-electron chi connectivity index (χ3n) is 4.69. The summed E-state index contributed by atoms with van der Waals surface area (Å²) in [6.45, 7) is 5.83. The second-order valence-electron chi connectivity index (χ2n) is 6.91. The molecule has 9 heteroatoms. The molecule has 0 N–H and O–H groups in total. The Morgan fingerprint density at radius 1 is 1.36 bits per heavy atom. The lowest BCUT2D eigenvalue weighted by Gasteiger charge is -2.22. The Kier molecular flexibility index (Phi) is 4.31. The zero-order valence-corrected chi connectivity index (χ0v) is 15.0. The van der Waals surface area contributed by atoms with Crippen LogP contribution in [0, 0.1) is 0 Å². The molecule has 0 amide bonds. The zero-order valence-electron chi connectivity index (χ0n) is 14.3. The van der Waals surface area contributed by atoms with Crippen molar-refractivity contribution < 1.29 is 14.2 Å². The molecule has 2 fully saturated rings. The molecule has 25 heavy (non-hydrogen) atoms. The van der Waals surface area contributed by atoms with E-state index in [1.54, 1.807) is 15.3 Å². The van der Waals surface area contributed by atoms with E-state index in [0.29, 0.717) is 37.5 Å². The van der Waals surface area contributed by atoms with Gasteiger partial charge in [0.05, 0.1) is 19.3 Å². The SMILES string of the molecule is CC1(C)OC[C@H](Cn2c(=O)n(C3CCOCC3)c3nc(Cl)ncc32)O1. The van der Waals surface area contributed by atoms with Crippen LogP contribution < -0.4 is 5.69 Å². The van der Waals surface area contributed by atoms with Crippen molar-refractivity contribution in [3.8, 4) is 0 Å². The molecular formula is C16H21ClN4O4. The predicted octanol–water partition coefficient (Wildman–Crippen LogP) is 1.75. The molecule has 1 atom stereocenters. The van der Waals surface area contributed by atoms with Gasteiger partial charge in [-0.2, -0.15) is 4.98 Å². The summed E-state index contributed by atoms with van der Waals surface area (Å²) in [6, 6.07) is 0.0492. The van der Waals surface area contributed by atoms with Crippen molar-refractivity contribution in [3.05, 3.63) is 22.0 Å². The normalized spacial score (nSPS) is 24.2. The average molecular weight is 369 g/mol. The fourth-order valence-electron chi connectivity index (χ4n) is 3.54. The Hall–Kier alpha value is -1.48. The quantitative estimate of drug-likeness (QED) is 0.768. The van der Waals surface area contributed by atoms with Gasteiger partial charge in [-0.25, -0.2) is 9.78 Å². The van der Waals surface area contributed by atoms with Crippen LogP contribution in [0.25, 0.3) is 11.2 Å². The molecule has 0 aliphatic carbocycles. The molecule has 0 bridgehead atoms. The van der Waals surface area contributed by atoms with Crippen LogP contribution in [0.5, 0.6) is 0 Å². The van der Waals surface area contributed by atoms with Crippen LogP contribution in [0.3, 0.4) is 0 Å². The van der Waals surface area contributed by atoms with Gasteiger partial charge in [0.25, 0.3) is 0 Å². The minimum absolute atomic E-state index is 0.0492. The minimum atomic E-state index is -0.632. The maximum absolute atomic E-state index is 13.1. The summed E-state index contributed by atoms with van der Waals surface area (Å²) in [5, 5.41) is 0.132. The molecule has 0 radical (unpaired) electrons. The van der Waals surface area contributed by atoms with Crippen LogP contribution in [0.2, 0.25) is 5.28 Å². The van der Waals surface area contributed by atoms with Gasteiger partial charge in [0.15, 0.2) is 11.4 Å². The van der Waals surface area contributed by atoms with Gasteiger partial charge in [-0.05, 0) is 38.3 Å². The lowest BCUT2D eigenvalue weighted by Crippen LogP contribution is -2.33. The highest BCUT2D eigenvalue weighted by Crippen LogP contribution is 2.26. The fraction of sp³-hybridized carbons (Fsp3) is 0.688. The number of hydrogen-bond acceptors (Lipinski definition) is 6. The number of nitrogens with zero attached hydrogens (tertiary/aromatic N) is 4. The second-order valence-corrected chi connectivity index (χ2v) is 7.24. The number of halogens is 1. The van der Waals surface area contributed by atoms with Crippen LogP contribution in [0.1, 0.15) is 32.7 Å². The summed E-state index contributed by atoms with van der Waals surface area (Å²) in [5.41, 5.74) is 1.11. The van der Waals surface area contributed by atoms with E-state index < -0.39 is 5.79 Å². The monoisotopic (exact) mass is 368 g/mol. The molecule has 2 aliphatic heterocycles. The third-order valence-corrected chi connectivity index (χ3v) is 4.87. The Bertz CT molecular complexity index is 841. The topological polar surface area (TPSA) is 80.4 Å². The van der Waals surface area contributed by atoms with Gasteiger partial charge in [0, 0.05) is 19.3 Å². The molecule has 4 heterocycles. The molecule has 0 saturated carbocycles. The van der Waals surface area contributed by atoms with Crippen LogP contribution >= 0.6 is 11.6 Å². The summed E-state index contributed by atoms with van der Waals surface area (Å²) < 4.78 is 20.3. The average Bonchev–Trinajstić information content (AvgIpc) is 3.05. The number of rotatable bonds is 3. The summed E-state index contributed by atoms with van der Waals surface area (Å²) in [5.74, 6) is -0.632. The van der Waals surface area contributed by atoms with Crippen LogP contribution in [-0.4, -0.2) is 50.8 Å². The molecule has 2 aromatic heterocycles. The molecule has 4 rings (SSSR count). The van der Waals surface area contributed by atoms with Crippen LogP contribution in [-0.2, 0) is 20.8 Å². The smallest absolute Gasteiger partial charge is 0.330 e. The molecule has 2 aromatic rings. The first kappa shape index (κ1) is 17.0. The van der Waals surface area contributed by atoms with Crippen LogP contribution in [0.15, 0.2) is 11.0 Å². The van der Waals surface area contributed by atoms with Gasteiger partial charge >= 0.3 is 5.69 Å². The molecule has 8 nitrogen and oxygen atoms in total. The highest BCUT2D eigenvalue weighted by atomic mass is 35.5. The lowest BCUT2D eigenvalue weighted by atomic mass is 10.1. The van der Waals surface area contributed by atoms with Crippen molar-refractivity contribution in [2.45, 2.75) is 51.2 Å². The number of imidazole rings is 1. The number of fused-ring (bicyclic) bond motifs is 1. The molecule has 136 valence electrons. The zero-order chi connectivity index (χ0) is 17.6. The minimum Gasteiger partial charge on any atom is -0.381 e. The predicted molar refractivity (Wildman–Crippen MR) is 90.8 cm³/mol. The third kappa shape index (κ3) is 3.19. The van der Waals surface area contributed by atoms with Gasteiger partial charge in [0.1, 0.15) is 11.6 Å². The summed E-state index contributed by atoms with van der Waals surface area (Å²) in [4.78, 5) is 21.5.